The van der Waals surface area contributed by atoms with E-state index in [1.807, 2.05) is 0 Å². The average molecular weight is 236 g/mol. The number of aliphatic carboxylic acids is 1. The number of nitrogens with zero attached hydrogens (tertiary/aromatic N) is 2. The Kier molecular flexibility index (Phi) is 2.73. The molecule has 1 atom stereocenters. The van der Waals surface area contributed by atoms with Crippen LogP contribution in [0, 0.1) is 10.1 Å². The van der Waals surface area contributed by atoms with Crippen LogP contribution in [0.3, 0.4) is 0 Å². The molecular formula is C10H8N2O5. The van der Waals surface area contributed by atoms with Gasteiger partial charge in [-0.2, -0.15) is 0 Å². The second kappa shape index (κ2) is 4.20. The molecule has 1 aliphatic heterocycles. The van der Waals surface area contributed by atoms with Crippen LogP contribution >= 0.6 is 0 Å². The summed E-state index contributed by atoms with van der Waals surface area (Å²) in [6.07, 6.45) is 0. The second-order valence-electron chi connectivity index (χ2n) is 3.40. The molecule has 88 valence electrons. The third-order valence-corrected chi connectivity index (χ3v) is 2.26. The monoisotopic (exact) mass is 236 g/mol. The normalized spacial score (nSPS) is 18.4. The third-order valence-electron chi connectivity index (χ3n) is 2.26. The zero-order chi connectivity index (χ0) is 12.4. The minimum absolute atomic E-state index is 0.0122. The van der Waals surface area contributed by atoms with E-state index in [1.54, 1.807) is 0 Å². The Morgan fingerprint density at radius 3 is 2.59 bits per heavy atom. The molecular weight excluding hydrogens is 228 g/mol. The van der Waals surface area contributed by atoms with Gasteiger partial charge in [-0.3, -0.25) is 10.1 Å². The number of hydrogen-bond donors (Lipinski definition) is 1. The van der Waals surface area contributed by atoms with Crippen LogP contribution in [0.4, 0.5) is 5.69 Å². The predicted molar refractivity (Wildman–Crippen MR) is 57.0 cm³/mol. The number of ether oxygens (including phenoxy) is 1. The van der Waals surface area contributed by atoms with Gasteiger partial charge in [0, 0.05) is 17.7 Å². The van der Waals surface area contributed by atoms with Crippen molar-refractivity contribution >= 4 is 17.6 Å². The summed E-state index contributed by atoms with van der Waals surface area (Å²) in [6, 6.07) is 4.67. The Labute approximate surface area is 95.5 Å². The van der Waals surface area contributed by atoms with Gasteiger partial charge >= 0.3 is 5.97 Å². The summed E-state index contributed by atoms with van der Waals surface area (Å²) in [7, 11) is 0. The number of carboxylic acids is 1. The summed E-state index contributed by atoms with van der Waals surface area (Å²) in [5, 5.41) is 19.2. The number of nitro benzene ring substituents is 1. The third kappa shape index (κ3) is 2.22. The van der Waals surface area contributed by atoms with Crippen LogP contribution in [0.25, 0.3) is 0 Å². The molecule has 0 bridgehead atoms. The van der Waals surface area contributed by atoms with Crippen molar-refractivity contribution in [2.45, 2.75) is 6.04 Å². The summed E-state index contributed by atoms with van der Waals surface area (Å²) in [5.74, 6) is -0.853. The molecule has 2 rings (SSSR count). The topological polar surface area (TPSA) is 102 Å². The number of carboxylic acid groups (broad SMARTS) is 1. The first kappa shape index (κ1) is 11.1. The van der Waals surface area contributed by atoms with Gasteiger partial charge in [0.05, 0.1) is 4.92 Å². The first-order valence-electron chi connectivity index (χ1n) is 4.76. The molecule has 7 nitrogen and oxygen atoms in total. The van der Waals surface area contributed by atoms with Crippen molar-refractivity contribution in [2.24, 2.45) is 4.99 Å². The van der Waals surface area contributed by atoms with Crippen molar-refractivity contribution in [3.05, 3.63) is 39.9 Å². The number of non-ortho nitro benzene ring substituents is 1. The fourth-order valence-electron chi connectivity index (χ4n) is 1.38. The zero-order valence-corrected chi connectivity index (χ0v) is 8.57. The van der Waals surface area contributed by atoms with Crippen LogP contribution in [0.1, 0.15) is 5.56 Å². The molecule has 7 heteroatoms. The molecule has 17 heavy (non-hydrogen) atoms. The number of benzene rings is 1. The standard InChI is InChI=1S/C10H8N2O5/c13-10(14)8-5-17-9(11-8)6-1-3-7(4-2-6)12(15)16/h1-4,8H,5H2,(H,13,14). The Hall–Kier alpha value is -2.44. The smallest absolute Gasteiger partial charge is 0.332 e. The lowest BCUT2D eigenvalue weighted by Crippen LogP contribution is -2.18. The van der Waals surface area contributed by atoms with Gasteiger partial charge in [0.25, 0.3) is 5.69 Å². The van der Waals surface area contributed by atoms with Gasteiger partial charge in [0.1, 0.15) is 6.61 Å². The fourth-order valence-corrected chi connectivity index (χ4v) is 1.38. The number of carbonyl (C=O) groups is 1. The zero-order valence-electron chi connectivity index (χ0n) is 8.57. The molecule has 0 fully saturated rings. The van der Waals surface area contributed by atoms with Gasteiger partial charge in [0.2, 0.25) is 5.90 Å². The van der Waals surface area contributed by atoms with Crippen LogP contribution in [0.5, 0.6) is 0 Å². The maximum Gasteiger partial charge on any atom is 0.332 e. The summed E-state index contributed by atoms with van der Waals surface area (Å²) in [5.41, 5.74) is 0.487. The van der Waals surface area contributed by atoms with E-state index in [0.717, 1.165) is 0 Å². The van der Waals surface area contributed by atoms with Crippen molar-refractivity contribution in [1.82, 2.24) is 0 Å². The minimum atomic E-state index is -1.05. The highest BCUT2D eigenvalue weighted by atomic mass is 16.6. The largest absolute Gasteiger partial charge is 0.480 e. The highest BCUT2D eigenvalue weighted by Crippen LogP contribution is 2.16. The van der Waals surface area contributed by atoms with Crippen LogP contribution in [0.2, 0.25) is 0 Å². The molecule has 0 saturated carbocycles. The van der Waals surface area contributed by atoms with E-state index in [2.05, 4.69) is 4.99 Å². The molecule has 0 aliphatic carbocycles. The van der Waals surface area contributed by atoms with Crippen molar-refractivity contribution in [2.75, 3.05) is 6.61 Å². The maximum absolute atomic E-state index is 10.6. The van der Waals surface area contributed by atoms with Crippen molar-refractivity contribution < 1.29 is 19.6 Å². The number of rotatable bonds is 3. The lowest BCUT2D eigenvalue weighted by molar-refractivity contribution is -0.384. The van der Waals surface area contributed by atoms with E-state index >= 15 is 0 Å². The summed E-state index contributed by atoms with van der Waals surface area (Å²) < 4.78 is 5.11. The van der Waals surface area contributed by atoms with Crippen LogP contribution in [-0.2, 0) is 9.53 Å². The highest BCUT2D eigenvalue weighted by Gasteiger charge is 2.26. The van der Waals surface area contributed by atoms with Crippen molar-refractivity contribution in [1.29, 1.82) is 0 Å². The van der Waals surface area contributed by atoms with E-state index in [0.29, 0.717) is 5.56 Å². The molecule has 1 unspecified atom stereocenters. The molecule has 0 aromatic heterocycles. The molecule has 1 aromatic rings. The lowest BCUT2D eigenvalue weighted by atomic mass is 10.2. The van der Waals surface area contributed by atoms with Crippen molar-refractivity contribution in [3.63, 3.8) is 0 Å². The Morgan fingerprint density at radius 1 is 1.47 bits per heavy atom. The number of aliphatic imine (C=N–C) groups is 1. The van der Waals surface area contributed by atoms with Crippen LogP contribution in [-0.4, -0.2) is 34.5 Å². The molecule has 1 aromatic carbocycles. The highest BCUT2D eigenvalue weighted by molar-refractivity contribution is 5.97. The number of hydrogen-bond acceptors (Lipinski definition) is 5. The van der Waals surface area contributed by atoms with Gasteiger partial charge in [-0.25, -0.2) is 9.79 Å². The van der Waals surface area contributed by atoms with E-state index in [1.165, 1.54) is 24.3 Å². The predicted octanol–water partition coefficient (Wildman–Crippen LogP) is 0.825. The maximum atomic E-state index is 10.6. The van der Waals surface area contributed by atoms with Gasteiger partial charge in [-0.15, -0.1) is 0 Å². The quantitative estimate of drug-likeness (QED) is 0.618. The molecule has 0 spiro atoms. The first-order valence-corrected chi connectivity index (χ1v) is 4.76. The van der Waals surface area contributed by atoms with E-state index in [9.17, 15) is 14.9 Å². The fraction of sp³-hybridized carbons (Fsp3) is 0.200. The van der Waals surface area contributed by atoms with Gasteiger partial charge in [0.15, 0.2) is 6.04 Å². The van der Waals surface area contributed by atoms with Gasteiger partial charge < -0.3 is 9.84 Å². The summed E-state index contributed by atoms with van der Waals surface area (Å²) in [4.78, 5) is 24.4. The van der Waals surface area contributed by atoms with Gasteiger partial charge in [-0.1, -0.05) is 0 Å². The number of nitro groups is 1. The molecule has 0 radical (unpaired) electrons. The van der Waals surface area contributed by atoms with Crippen molar-refractivity contribution in [3.8, 4) is 0 Å². The Balaban J connectivity index is 2.21. The summed E-state index contributed by atoms with van der Waals surface area (Å²) in [6.45, 7) is -0.0122. The summed E-state index contributed by atoms with van der Waals surface area (Å²) >= 11 is 0. The molecule has 1 aliphatic rings. The molecule has 0 saturated heterocycles. The van der Waals surface area contributed by atoms with E-state index < -0.39 is 16.9 Å². The molecule has 1 N–H and O–H groups in total. The van der Waals surface area contributed by atoms with Gasteiger partial charge in [-0.05, 0) is 12.1 Å². The van der Waals surface area contributed by atoms with E-state index in [4.69, 9.17) is 9.84 Å². The van der Waals surface area contributed by atoms with Crippen LogP contribution in [0.15, 0.2) is 29.3 Å². The SMILES string of the molecule is O=C(O)C1COC(c2ccc([N+](=O)[O-])cc2)=N1. The molecule has 1 heterocycles. The first-order chi connectivity index (χ1) is 8.08. The minimum Gasteiger partial charge on any atom is -0.480 e. The second-order valence-corrected chi connectivity index (χ2v) is 3.40. The molecule has 0 amide bonds. The average Bonchev–Trinajstić information content (AvgIpc) is 2.78. The lowest BCUT2D eigenvalue weighted by Gasteiger charge is -2.00. The Morgan fingerprint density at radius 2 is 2.12 bits per heavy atom. The Bertz CT molecular complexity index is 494. The van der Waals surface area contributed by atoms with E-state index in [-0.39, 0.29) is 18.2 Å². The van der Waals surface area contributed by atoms with Crippen LogP contribution < -0.4 is 0 Å².